The molecule has 0 aliphatic rings. The van der Waals surface area contributed by atoms with Gasteiger partial charge in [0.15, 0.2) is 11.5 Å². The number of rotatable bonds is 5. The van der Waals surface area contributed by atoms with E-state index in [9.17, 15) is 9.59 Å². The molecule has 5 rings (SSSR count). The van der Waals surface area contributed by atoms with Crippen LogP contribution in [0.4, 0.5) is 11.4 Å². The molecule has 0 radical (unpaired) electrons. The Kier molecular flexibility index (Phi) is 5.84. The molecule has 0 aliphatic heterocycles. The number of fused-ring (bicyclic) bond motifs is 1. The van der Waals surface area contributed by atoms with E-state index in [1.165, 1.54) is 0 Å². The highest BCUT2D eigenvalue weighted by Gasteiger charge is 2.15. The first kappa shape index (κ1) is 21.8. The molecule has 6 nitrogen and oxygen atoms in total. The van der Waals surface area contributed by atoms with Gasteiger partial charge in [-0.15, -0.1) is 0 Å². The molecule has 3 aromatic carbocycles. The van der Waals surface area contributed by atoms with Crippen molar-refractivity contribution >= 4 is 57.4 Å². The Hall–Kier alpha value is -4.00. The number of halogens is 2. The first-order valence-electron chi connectivity index (χ1n) is 10.2. The van der Waals surface area contributed by atoms with Crippen molar-refractivity contribution in [2.24, 2.45) is 0 Å². The van der Waals surface area contributed by atoms with E-state index in [1.54, 1.807) is 66.7 Å². The monoisotopic (exact) mass is 490 g/mol. The van der Waals surface area contributed by atoms with Crippen molar-refractivity contribution in [2.45, 2.75) is 0 Å². The van der Waals surface area contributed by atoms with E-state index in [4.69, 9.17) is 32.0 Å². The van der Waals surface area contributed by atoms with E-state index in [1.807, 2.05) is 18.2 Å². The van der Waals surface area contributed by atoms with Crippen molar-refractivity contribution in [2.75, 3.05) is 10.6 Å². The number of anilines is 2. The molecule has 34 heavy (non-hydrogen) atoms. The fourth-order valence-electron chi connectivity index (χ4n) is 3.41. The van der Waals surface area contributed by atoms with Crippen LogP contribution in [-0.2, 0) is 0 Å². The van der Waals surface area contributed by atoms with Crippen molar-refractivity contribution in [3.8, 4) is 11.3 Å². The fourth-order valence-corrected chi connectivity index (χ4v) is 3.91. The molecule has 5 aromatic rings. The summed E-state index contributed by atoms with van der Waals surface area (Å²) in [4.78, 5) is 25.1. The van der Waals surface area contributed by atoms with Crippen molar-refractivity contribution in [1.29, 1.82) is 0 Å². The van der Waals surface area contributed by atoms with E-state index in [0.717, 1.165) is 5.39 Å². The minimum absolute atomic E-state index is 0.128. The number of amides is 2. The average molecular weight is 491 g/mol. The van der Waals surface area contributed by atoms with Crippen LogP contribution in [0.2, 0.25) is 10.0 Å². The van der Waals surface area contributed by atoms with E-state index in [2.05, 4.69) is 10.6 Å². The number of carbonyl (C=O) groups is 2. The maximum Gasteiger partial charge on any atom is 0.291 e. The lowest BCUT2D eigenvalue weighted by molar-refractivity contribution is 0.0990. The summed E-state index contributed by atoms with van der Waals surface area (Å²) in [5.74, 6) is 0.0131. The summed E-state index contributed by atoms with van der Waals surface area (Å²) in [5, 5.41) is 7.32. The molecular weight excluding hydrogens is 475 g/mol. The molecular formula is C26H16Cl2N2O4. The van der Waals surface area contributed by atoms with Gasteiger partial charge >= 0.3 is 0 Å². The highest BCUT2D eigenvalue weighted by molar-refractivity contribution is 6.36. The fraction of sp³-hybridized carbons (Fsp3) is 0. The maximum atomic E-state index is 12.6. The van der Waals surface area contributed by atoms with Gasteiger partial charge in [0.1, 0.15) is 11.3 Å². The standard InChI is InChI=1S/C26H16Cl2N2O4/c27-16-5-10-19(20(28)14-16)22-11-12-23(34-22)25(31)29-17-6-8-18(9-7-17)30-26(32)24-13-15-3-1-2-4-21(15)33-24/h1-14H,(H,29,31)(H,30,32). The second kappa shape index (κ2) is 9.09. The van der Waals surface area contributed by atoms with Gasteiger partial charge in [0.2, 0.25) is 0 Å². The van der Waals surface area contributed by atoms with Gasteiger partial charge < -0.3 is 19.5 Å². The van der Waals surface area contributed by atoms with Crippen LogP contribution in [0.1, 0.15) is 21.1 Å². The Morgan fingerprint density at radius 3 is 2.03 bits per heavy atom. The van der Waals surface area contributed by atoms with Crippen LogP contribution in [0, 0.1) is 0 Å². The predicted molar refractivity (Wildman–Crippen MR) is 133 cm³/mol. The van der Waals surface area contributed by atoms with Crippen LogP contribution in [0.5, 0.6) is 0 Å². The second-order valence-corrected chi connectivity index (χ2v) is 8.27. The number of furan rings is 2. The van der Waals surface area contributed by atoms with Gasteiger partial charge in [0.05, 0.1) is 5.02 Å². The van der Waals surface area contributed by atoms with Crippen LogP contribution in [0.3, 0.4) is 0 Å². The summed E-state index contributed by atoms with van der Waals surface area (Å²) in [5.41, 5.74) is 2.37. The summed E-state index contributed by atoms with van der Waals surface area (Å²) in [7, 11) is 0. The molecule has 0 saturated carbocycles. The van der Waals surface area contributed by atoms with Gasteiger partial charge in [0.25, 0.3) is 11.8 Å². The molecule has 0 spiro atoms. The first-order valence-corrected chi connectivity index (χ1v) is 11.0. The molecule has 0 atom stereocenters. The van der Waals surface area contributed by atoms with Crippen LogP contribution in [-0.4, -0.2) is 11.8 Å². The third kappa shape index (κ3) is 4.55. The summed E-state index contributed by atoms with van der Waals surface area (Å²) in [6.07, 6.45) is 0. The molecule has 0 unspecified atom stereocenters. The van der Waals surface area contributed by atoms with Gasteiger partial charge in [-0.25, -0.2) is 0 Å². The Bertz CT molecular complexity index is 1490. The van der Waals surface area contributed by atoms with Gasteiger partial charge in [-0.05, 0) is 66.7 Å². The SMILES string of the molecule is O=C(Nc1ccc(NC(=O)c2cc3ccccc3o2)cc1)c1ccc(-c2ccc(Cl)cc2Cl)o1. The van der Waals surface area contributed by atoms with Crippen LogP contribution < -0.4 is 10.6 Å². The van der Waals surface area contributed by atoms with E-state index in [-0.39, 0.29) is 17.4 Å². The Morgan fingerprint density at radius 2 is 1.35 bits per heavy atom. The molecule has 0 saturated heterocycles. The quantitative estimate of drug-likeness (QED) is 0.267. The molecule has 0 bridgehead atoms. The molecule has 2 N–H and O–H groups in total. The van der Waals surface area contributed by atoms with E-state index >= 15 is 0 Å². The van der Waals surface area contributed by atoms with Gasteiger partial charge in [-0.3, -0.25) is 9.59 Å². The zero-order chi connectivity index (χ0) is 23.7. The van der Waals surface area contributed by atoms with Crippen molar-refractivity contribution in [3.63, 3.8) is 0 Å². The zero-order valence-electron chi connectivity index (χ0n) is 17.5. The number of hydrogen-bond acceptors (Lipinski definition) is 4. The van der Waals surface area contributed by atoms with Crippen molar-refractivity contribution < 1.29 is 18.4 Å². The van der Waals surface area contributed by atoms with Crippen molar-refractivity contribution in [3.05, 3.63) is 106 Å². The first-order chi connectivity index (χ1) is 16.5. The van der Waals surface area contributed by atoms with Gasteiger partial charge in [-0.2, -0.15) is 0 Å². The molecule has 2 aromatic heterocycles. The second-order valence-electron chi connectivity index (χ2n) is 7.42. The maximum absolute atomic E-state index is 12.6. The Balaban J connectivity index is 1.24. The number of benzene rings is 3. The van der Waals surface area contributed by atoms with Crippen LogP contribution in [0.25, 0.3) is 22.3 Å². The lowest BCUT2D eigenvalue weighted by Gasteiger charge is -2.06. The molecule has 0 fully saturated rings. The normalized spacial score (nSPS) is 10.9. The zero-order valence-corrected chi connectivity index (χ0v) is 19.0. The number of nitrogens with one attached hydrogen (secondary N) is 2. The number of carbonyl (C=O) groups excluding carboxylic acids is 2. The third-order valence-electron chi connectivity index (χ3n) is 5.08. The molecule has 168 valence electrons. The largest absolute Gasteiger partial charge is 0.451 e. The van der Waals surface area contributed by atoms with Gasteiger partial charge in [-0.1, -0.05) is 41.4 Å². The minimum atomic E-state index is -0.421. The number of para-hydroxylation sites is 1. The van der Waals surface area contributed by atoms with E-state index < -0.39 is 5.91 Å². The van der Waals surface area contributed by atoms with Crippen LogP contribution >= 0.6 is 23.2 Å². The average Bonchev–Trinajstić information content (AvgIpc) is 3.48. The smallest absolute Gasteiger partial charge is 0.291 e. The molecule has 2 heterocycles. The highest BCUT2D eigenvalue weighted by atomic mass is 35.5. The molecule has 0 aliphatic carbocycles. The van der Waals surface area contributed by atoms with Crippen molar-refractivity contribution in [1.82, 2.24) is 0 Å². The lowest BCUT2D eigenvalue weighted by atomic mass is 10.2. The highest BCUT2D eigenvalue weighted by Crippen LogP contribution is 2.31. The van der Waals surface area contributed by atoms with Crippen LogP contribution in [0.15, 0.2) is 93.8 Å². The topological polar surface area (TPSA) is 84.5 Å². The molecule has 2 amide bonds. The molecule has 8 heteroatoms. The summed E-state index contributed by atoms with van der Waals surface area (Å²) in [6, 6.07) is 24.0. The third-order valence-corrected chi connectivity index (χ3v) is 5.62. The summed E-state index contributed by atoms with van der Waals surface area (Å²) in [6.45, 7) is 0. The summed E-state index contributed by atoms with van der Waals surface area (Å²) >= 11 is 12.1. The van der Waals surface area contributed by atoms with Gasteiger partial charge in [0, 0.05) is 27.3 Å². The van der Waals surface area contributed by atoms with E-state index in [0.29, 0.717) is 38.3 Å². The Labute approximate surface area is 204 Å². The number of hydrogen-bond donors (Lipinski definition) is 2. The Morgan fingerprint density at radius 1 is 0.676 bits per heavy atom. The predicted octanol–water partition coefficient (Wildman–Crippen LogP) is 7.50. The summed E-state index contributed by atoms with van der Waals surface area (Å²) < 4.78 is 11.2. The minimum Gasteiger partial charge on any atom is -0.451 e. The lowest BCUT2D eigenvalue weighted by Crippen LogP contribution is -2.12.